The van der Waals surface area contributed by atoms with E-state index < -0.39 is 0 Å². The Morgan fingerprint density at radius 3 is 2.74 bits per heavy atom. The third kappa shape index (κ3) is 5.50. The molecule has 2 fully saturated rings. The highest BCUT2D eigenvalue weighted by molar-refractivity contribution is 6.04. The van der Waals surface area contributed by atoms with E-state index in [4.69, 9.17) is 4.74 Å². The molecule has 38 heavy (non-hydrogen) atoms. The van der Waals surface area contributed by atoms with E-state index in [9.17, 15) is 4.79 Å². The van der Waals surface area contributed by atoms with Gasteiger partial charge in [-0.2, -0.15) is 0 Å². The molecule has 2 N–H and O–H groups in total. The number of amides is 1. The van der Waals surface area contributed by atoms with Gasteiger partial charge in [-0.1, -0.05) is 11.3 Å². The molecule has 0 atom stereocenters. The van der Waals surface area contributed by atoms with E-state index in [-0.39, 0.29) is 5.91 Å². The summed E-state index contributed by atoms with van der Waals surface area (Å²) in [6, 6.07) is 13.3. The Morgan fingerprint density at radius 2 is 1.95 bits per heavy atom. The molecule has 3 aromatic heterocycles. The summed E-state index contributed by atoms with van der Waals surface area (Å²) in [7, 11) is 0. The van der Waals surface area contributed by atoms with Crippen LogP contribution in [0.1, 0.15) is 28.8 Å². The maximum atomic E-state index is 13.1. The number of carbonyl (C=O) groups is 1. The average Bonchev–Trinajstić information content (AvgIpc) is 3.67. The minimum absolute atomic E-state index is 0.197. The lowest BCUT2D eigenvalue weighted by Gasteiger charge is -2.27. The van der Waals surface area contributed by atoms with Gasteiger partial charge < -0.3 is 20.3 Å². The first-order valence-electron chi connectivity index (χ1n) is 13.0. The van der Waals surface area contributed by atoms with Crippen LogP contribution in [0.5, 0.6) is 0 Å². The first-order valence-corrected chi connectivity index (χ1v) is 13.0. The molecule has 194 valence electrons. The Hall–Kier alpha value is -4.31. The predicted molar refractivity (Wildman–Crippen MR) is 146 cm³/mol. The standard InChI is InChI=1S/C28H30N8O2/c1-19-2-6-23(32-28(37)21-8-9-29-27(14-21)35-10-12-38-13-11-35)15-25(19)36-18-24(33-34-36)22-5-7-26(31-17-22)30-16-20-3-4-20/h2,5-9,14-15,17-18,20H,3-4,10-13,16H2,1H3,(H,30,31)(H,32,37). The zero-order valence-electron chi connectivity index (χ0n) is 21.3. The number of hydrogen-bond donors (Lipinski definition) is 2. The van der Waals surface area contributed by atoms with E-state index in [1.807, 2.05) is 55.7 Å². The van der Waals surface area contributed by atoms with Crippen LogP contribution in [0.15, 0.2) is 61.1 Å². The number of aromatic nitrogens is 5. The largest absolute Gasteiger partial charge is 0.378 e. The second kappa shape index (κ2) is 10.6. The number of pyridine rings is 2. The summed E-state index contributed by atoms with van der Waals surface area (Å²) in [4.78, 5) is 24.1. The lowest BCUT2D eigenvalue weighted by molar-refractivity contribution is 0.102. The van der Waals surface area contributed by atoms with Crippen LogP contribution >= 0.6 is 0 Å². The summed E-state index contributed by atoms with van der Waals surface area (Å²) in [6.45, 7) is 5.82. The van der Waals surface area contributed by atoms with Crippen LogP contribution < -0.4 is 15.5 Å². The van der Waals surface area contributed by atoms with Crippen molar-refractivity contribution in [1.82, 2.24) is 25.0 Å². The quantitative estimate of drug-likeness (QED) is 0.367. The maximum Gasteiger partial charge on any atom is 0.255 e. The fourth-order valence-electron chi connectivity index (χ4n) is 4.40. The van der Waals surface area contributed by atoms with Gasteiger partial charge in [-0.15, -0.1) is 5.10 Å². The fourth-order valence-corrected chi connectivity index (χ4v) is 4.40. The first-order chi connectivity index (χ1) is 18.6. The van der Waals surface area contributed by atoms with Crippen molar-refractivity contribution in [3.8, 4) is 16.9 Å². The van der Waals surface area contributed by atoms with Crippen LogP contribution in [0.4, 0.5) is 17.3 Å². The highest BCUT2D eigenvalue weighted by Gasteiger charge is 2.20. The van der Waals surface area contributed by atoms with Crippen LogP contribution in [-0.4, -0.2) is 63.7 Å². The van der Waals surface area contributed by atoms with Gasteiger partial charge in [0.15, 0.2) is 0 Å². The lowest BCUT2D eigenvalue weighted by atomic mass is 10.1. The number of hydrogen-bond acceptors (Lipinski definition) is 8. The van der Waals surface area contributed by atoms with E-state index in [1.165, 1.54) is 12.8 Å². The Balaban J connectivity index is 1.16. The fraction of sp³-hybridized carbons (Fsp3) is 0.321. The summed E-state index contributed by atoms with van der Waals surface area (Å²) >= 11 is 0. The Bertz CT molecular complexity index is 1430. The maximum absolute atomic E-state index is 13.1. The van der Waals surface area contributed by atoms with Gasteiger partial charge >= 0.3 is 0 Å². The number of anilines is 3. The average molecular weight is 511 g/mol. The van der Waals surface area contributed by atoms with E-state index in [0.717, 1.165) is 59.7 Å². The molecule has 4 heterocycles. The van der Waals surface area contributed by atoms with Gasteiger partial charge in [-0.25, -0.2) is 14.6 Å². The van der Waals surface area contributed by atoms with Gasteiger partial charge in [0.1, 0.15) is 17.3 Å². The number of nitrogens with one attached hydrogen (secondary N) is 2. The van der Waals surface area contributed by atoms with Crippen molar-refractivity contribution < 1.29 is 9.53 Å². The molecule has 4 aromatic rings. The van der Waals surface area contributed by atoms with E-state index in [2.05, 4.69) is 35.8 Å². The van der Waals surface area contributed by atoms with Crippen LogP contribution in [0.2, 0.25) is 0 Å². The van der Waals surface area contributed by atoms with Crippen molar-refractivity contribution in [2.45, 2.75) is 19.8 Å². The molecule has 1 aliphatic heterocycles. The minimum Gasteiger partial charge on any atom is -0.378 e. The Labute approximate surface area is 221 Å². The monoisotopic (exact) mass is 510 g/mol. The number of morpholine rings is 1. The van der Waals surface area contributed by atoms with Gasteiger partial charge in [0.25, 0.3) is 5.91 Å². The number of ether oxygens (including phenoxy) is 1. The molecule has 10 heteroatoms. The van der Waals surface area contributed by atoms with Crippen molar-refractivity contribution in [3.63, 3.8) is 0 Å². The van der Waals surface area contributed by atoms with Crippen molar-refractivity contribution in [2.75, 3.05) is 48.4 Å². The van der Waals surface area contributed by atoms with Crippen molar-refractivity contribution in [3.05, 3.63) is 72.2 Å². The summed E-state index contributed by atoms with van der Waals surface area (Å²) in [5, 5.41) is 15.1. The topological polar surface area (TPSA) is 110 Å². The summed E-state index contributed by atoms with van der Waals surface area (Å²) in [5.74, 6) is 2.25. The second-order valence-corrected chi connectivity index (χ2v) is 9.76. The zero-order valence-corrected chi connectivity index (χ0v) is 21.3. The van der Waals surface area contributed by atoms with Crippen LogP contribution in [0.3, 0.4) is 0 Å². The van der Waals surface area contributed by atoms with Crippen LogP contribution in [0.25, 0.3) is 16.9 Å². The van der Waals surface area contributed by atoms with Crippen molar-refractivity contribution in [1.29, 1.82) is 0 Å². The van der Waals surface area contributed by atoms with Gasteiger partial charge in [0.2, 0.25) is 0 Å². The normalized spacial score (nSPS) is 15.3. The molecule has 0 bridgehead atoms. The van der Waals surface area contributed by atoms with Gasteiger partial charge in [-0.05, 0) is 67.6 Å². The molecular weight excluding hydrogens is 480 g/mol. The Morgan fingerprint density at radius 1 is 1.08 bits per heavy atom. The van der Waals surface area contributed by atoms with Crippen molar-refractivity contribution >= 4 is 23.2 Å². The smallest absolute Gasteiger partial charge is 0.255 e. The molecule has 6 rings (SSSR count). The minimum atomic E-state index is -0.197. The van der Waals surface area contributed by atoms with E-state index >= 15 is 0 Å². The van der Waals surface area contributed by atoms with Crippen LogP contribution in [-0.2, 0) is 4.74 Å². The third-order valence-corrected chi connectivity index (χ3v) is 6.88. The first kappa shape index (κ1) is 24.1. The molecule has 0 radical (unpaired) electrons. The molecule has 1 amide bonds. The molecule has 1 saturated carbocycles. The number of benzene rings is 1. The molecule has 10 nitrogen and oxygen atoms in total. The third-order valence-electron chi connectivity index (χ3n) is 6.88. The number of carbonyl (C=O) groups excluding carboxylic acids is 1. The number of nitrogens with zero attached hydrogens (tertiary/aromatic N) is 6. The summed E-state index contributed by atoms with van der Waals surface area (Å²) in [5.41, 5.74) is 4.69. The molecule has 0 unspecified atom stereocenters. The number of rotatable bonds is 8. The SMILES string of the molecule is Cc1ccc(NC(=O)c2ccnc(N3CCOCC3)c2)cc1-n1cc(-c2ccc(NCC3CC3)nc2)nn1. The summed E-state index contributed by atoms with van der Waals surface area (Å²) in [6.07, 6.45) is 7.96. The second-order valence-electron chi connectivity index (χ2n) is 9.76. The lowest BCUT2D eigenvalue weighted by Crippen LogP contribution is -2.36. The zero-order chi connectivity index (χ0) is 25.9. The Kier molecular flexibility index (Phi) is 6.70. The van der Waals surface area contributed by atoms with Crippen molar-refractivity contribution in [2.24, 2.45) is 5.92 Å². The molecular formula is C28H30N8O2. The highest BCUT2D eigenvalue weighted by atomic mass is 16.5. The molecule has 1 aliphatic carbocycles. The molecule has 0 spiro atoms. The molecule has 1 saturated heterocycles. The van der Waals surface area contributed by atoms with E-state index in [0.29, 0.717) is 24.5 Å². The molecule has 1 aromatic carbocycles. The predicted octanol–water partition coefficient (Wildman–Crippen LogP) is 3.94. The van der Waals surface area contributed by atoms with Gasteiger partial charge in [0.05, 0.1) is 25.1 Å². The van der Waals surface area contributed by atoms with Gasteiger partial charge in [-0.3, -0.25) is 4.79 Å². The summed E-state index contributed by atoms with van der Waals surface area (Å²) < 4.78 is 7.14. The van der Waals surface area contributed by atoms with Gasteiger partial charge in [0, 0.05) is 48.8 Å². The van der Waals surface area contributed by atoms with E-state index in [1.54, 1.807) is 16.9 Å². The molecule has 2 aliphatic rings. The number of aryl methyl sites for hydroxylation is 1. The van der Waals surface area contributed by atoms with Crippen LogP contribution in [0, 0.1) is 12.8 Å². The highest BCUT2D eigenvalue weighted by Crippen LogP contribution is 2.29.